The van der Waals surface area contributed by atoms with E-state index in [0.717, 1.165) is 25.1 Å². The largest absolute Gasteiger partial charge is 0.379 e. The lowest BCUT2D eigenvalue weighted by Crippen LogP contribution is -2.37. The standard InChI is InChI=1S/C25H25Cl2N3O4S.C22H17Cl2N3O2.C21H16Cl2N2O3S.C21H17ClN2O3S/c26-22-8-5-18(16-21(22)24-4-1-2-9-28-24)29-25(31)20-7-6-19(17-23(20)27)35(32,33)15-3-10-30-11-13-34-14-12-30;23-18-9-6-14(12-17(18)20-4-1-2-10-25-20)26-22(29)16-8-7-15(13-19(16)24)27-11-3-5-21(27)28;1-2-11-29(27,28)15-7-8-16(19(23)13-15)21(26)25-14-6-9-18(22)17(12-14)20-5-3-4-10-24-20;1-2-13-28(26,27)17-9-6-15(7-10-17)21(25)24-16-8-11-19(22)18(14-16)20-5-3-4-12-23-20/h1-2,4-9,16-17H,3,10-15H2,(H,29,31);1-2,4,6-10,12-13H,3,5,11H2,(H,26,29);2-10,12-13H,1,11H2,(H,25,26);2-12,14H,1,13H2,(H,24,25). The van der Waals surface area contributed by atoms with Crippen molar-refractivity contribution in [2.24, 2.45) is 0 Å². The number of ether oxygens (including phenoxy) is 1. The molecule has 121 heavy (non-hydrogen) atoms. The Morgan fingerprint density at radius 1 is 0.397 bits per heavy atom. The number of pyridine rings is 4. The number of nitrogens with zero attached hydrogens (tertiary/aromatic N) is 6. The Bertz CT molecular complexity index is 6170. The molecule has 2 aliphatic heterocycles. The molecule has 0 spiro atoms. The number of carbonyl (C=O) groups excluding carboxylic acids is 5. The molecule has 4 N–H and O–H groups in total. The number of carbonyl (C=O) groups is 5. The van der Waals surface area contributed by atoms with Crippen LogP contribution in [0.15, 0.2) is 289 Å². The SMILES string of the molecule is C=CCS(=O)(=O)c1ccc(C(=O)Nc2ccc(Cl)c(-c3ccccn3)c2)c(Cl)c1.C=CCS(=O)(=O)c1ccc(C(=O)Nc2ccc(Cl)c(-c3ccccn3)c2)cc1.O=C(Nc1ccc(Cl)c(-c2ccccn2)c1)c1ccc(N2CCCC2=O)cc1Cl.O=C(Nc1ccc(Cl)c(-c2ccccn2)c1)c1ccc(S(=O)(=O)CCCN2CCOCC2)cc1Cl. The first-order chi connectivity index (χ1) is 58.1. The molecule has 620 valence electrons. The predicted molar refractivity (Wildman–Crippen MR) is 481 cm³/mol. The third kappa shape index (κ3) is 24.6. The first-order valence-electron chi connectivity index (χ1n) is 37.2. The second kappa shape index (κ2) is 42.5. The summed E-state index contributed by atoms with van der Waals surface area (Å²) in [5, 5.41) is 13.6. The van der Waals surface area contributed by atoms with Gasteiger partial charge in [-0.25, -0.2) is 25.3 Å². The maximum Gasteiger partial charge on any atom is 0.257 e. The molecule has 0 saturated carbocycles. The van der Waals surface area contributed by atoms with Crippen LogP contribution in [0.4, 0.5) is 28.4 Å². The van der Waals surface area contributed by atoms with Crippen LogP contribution in [0.1, 0.15) is 60.7 Å². The van der Waals surface area contributed by atoms with Crippen molar-refractivity contribution in [3.8, 4) is 45.0 Å². The summed E-state index contributed by atoms with van der Waals surface area (Å²) in [5.41, 5.74) is 9.36. The van der Waals surface area contributed by atoms with Crippen molar-refractivity contribution in [1.82, 2.24) is 24.8 Å². The van der Waals surface area contributed by atoms with Crippen molar-refractivity contribution in [2.75, 3.05) is 82.8 Å². The summed E-state index contributed by atoms with van der Waals surface area (Å²) in [5.74, 6) is -1.92. The number of anilines is 5. The van der Waals surface area contributed by atoms with Crippen LogP contribution in [0.25, 0.3) is 45.0 Å². The average Bonchev–Trinajstić information content (AvgIpc) is 1.61. The Morgan fingerprint density at radius 3 is 1.10 bits per heavy atom. The third-order valence-corrected chi connectivity index (χ3v) is 25.8. The molecule has 8 aromatic carbocycles. The normalized spacial score (nSPS) is 12.7. The van der Waals surface area contributed by atoms with E-state index in [1.54, 1.807) is 133 Å². The topological polar surface area (TPSA) is 303 Å². The molecule has 2 aliphatic rings. The monoisotopic (exact) mass is 1820 g/mol. The van der Waals surface area contributed by atoms with Crippen molar-refractivity contribution >= 4 is 169 Å². The number of aromatic nitrogens is 4. The number of benzene rings is 8. The van der Waals surface area contributed by atoms with Gasteiger partial charge in [-0.3, -0.25) is 48.8 Å². The highest BCUT2D eigenvalue weighted by molar-refractivity contribution is 7.92. The summed E-state index contributed by atoms with van der Waals surface area (Å²) in [7, 11) is -10.5. The Morgan fingerprint density at radius 2 is 0.752 bits per heavy atom. The lowest BCUT2D eigenvalue weighted by Gasteiger charge is -2.26. The number of nitrogens with one attached hydrogen (secondary N) is 4. The van der Waals surface area contributed by atoms with Crippen LogP contribution in [0.3, 0.4) is 0 Å². The van der Waals surface area contributed by atoms with E-state index in [1.165, 1.54) is 72.8 Å². The van der Waals surface area contributed by atoms with Crippen LogP contribution in [-0.4, -0.2) is 136 Å². The van der Waals surface area contributed by atoms with E-state index in [2.05, 4.69) is 59.3 Å². The summed E-state index contributed by atoms with van der Waals surface area (Å²) in [6.07, 6.45) is 11.2. The molecule has 2 saturated heterocycles. The molecule has 0 aliphatic carbocycles. The fourth-order valence-corrected chi connectivity index (χ4v) is 17.6. The van der Waals surface area contributed by atoms with Crippen LogP contribution < -0.4 is 26.2 Å². The van der Waals surface area contributed by atoms with Crippen LogP contribution >= 0.6 is 81.2 Å². The molecule has 32 heteroatoms. The van der Waals surface area contributed by atoms with E-state index in [0.29, 0.717) is 143 Å². The molecular formula is C89H75Cl7N10O12S3. The second-order valence-corrected chi connectivity index (χ2v) is 35.9. The van der Waals surface area contributed by atoms with Crippen LogP contribution in [0, 0.1) is 0 Å². The number of sulfone groups is 3. The van der Waals surface area contributed by atoms with E-state index in [-0.39, 0.29) is 70.8 Å². The molecule has 0 radical (unpaired) electrons. The fourth-order valence-electron chi connectivity index (χ4n) is 12.3. The van der Waals surface area contributed by atoms with E-state index in [1.807, 2.05) is 60.7 Å². The van der Waals surface area contributed by atoms with E-state index in [9.17, 15) is 49.2 Å². The lowest BCUT2D eigenvalue weighted by molar-refractivity contribution is -0.117. The second-order valence-electron chi connectivity index (χ2n) is 26.8. The number of morpholine rings is 1. The minimum Gasteiger partial charge on any atom is -0.379 e. The third-order valence-electron chi connectivity index (χ3n) is 18.5. The maximum atomic E-state index is 12.9. The summed E-state index contributed by atoms with van der Waals surface area (Å²) < 4.78 is 79.1. The van der Waals surface area contributed by atoms with Gasteiger partial charge in [0.05, 0.1) is 120 Å². The molecule has 14 rings (SSSR count). The molecule has 0 unspecified atom stereocenters. The highest BCUT2D eigenvalue weighted by Crippen LogP contribution is 2.36. The van der Waals surface area contributed by atoms with Crippen molar-refractivity contribution < 1.29 is 54.0 Å². The minimum atomic E-state index is -3.53. The van der Waals surface area contributed by atoms with Crippen LogP contribution in [0.2, 0.25) is 35.2 Å². The molecule has 5 amide bonds. The zero-order valence-electron chi connectivity index (χ0n) is 64.2. The smallest absolute Gasteiger partial charge is 0.257 e. The number of hydrogen-bond acceptors (Lipinski definition) is 17. The first-order valence-corrected chi connectivity index (χ1v) is 44.8. The molecule has 0 atom stereocenters. The highest BCUT2D eigenvalue weighted by Gasteiger charge is 2.26. The van der Waals surface area contributed by atoms with Gasteiger partial charge in [-0.05, 0) is 220 Å². The van der Waals surface area contributed by atoms with Crippen molar-refractivity contribution in [3.05, 3.63) is 332 Å². The van der Waals surface area contributed by atoms with E-state index in [4.69, 9.17) is 85.9 Å². The Labute approximate surface area is 735 Å². The van der Waals surface area contributed by atoms with Gasteiger partial charge in [-0.15, -0.1) is 13.2 Å². The number of halogens is 7. The number of hydrogen-bond donors (Lipinski definition) is 4. The van der Waals surface area contributed by atoms with Gasteiger partial charge in [-0.2, -0.15) is 0 Å². The fraction of sp³-hybridized carbons (Fsp3) is 0.135. The van der Waals surface area contributed by atoms with Crippen molar-refractivity contribution in [2.45, 2.75) is 33.9 Å². The molecule has 0 bridgehead atoms. The molecule has 4 aromatic heterocycles. The molecule has 2 fully saturated rings. The van der Waals surface area contributed by atoms with Gasteiger partial charge in [0.2, 0.25) is 5.91 Å². The minimum absolute atomic E-state index is 0.00724. The van der Waals surface area contributed by atoms with E-state index < -0.39 is 41.3 Å². The summed E-state index contributed by atoms with van der Waals surface area (Å²) in [4.78, 5) is 84.0. The molecule has 12 aromatic rings. The molecule has 6 heterocycles. The Balaban J connectivity index is 0.000000158. The predicted octanol–water partition coefficient (Wildman–Crippen LogP) is 20.1. The van der Waals surface area contributed by atoms with Gasteiger partial charge < -0.3 is 30.9 Å². The van der Waals surface area contributed by atoms with Crippen molar-refractivity contribution in [1.29, 1.82) is 0 Å². The number of rotatable bonds is 24. The zero-order chi connectivity index (χ0) is 86.4. The van der Waals surface area contributed by atoms with Crippen LogP contribution in [0.5, 0.6) is 0 Å². The number of amides is 5. The van der Waals surface area contributed by atoms with Gasteiger partial charge in [-0.1, -0.05) is 118 Å². The van der Waals surface area contributed by atoms with Gasteiger partial charge >= 0.3 is 0 Å². The molecular weight excluding hydrogens is 1750 g/mol. The van der Waals surface area contributed by atoms with Gasteiger partial charge in [0.1, 0.15) is 0 Å². The zero-order valence-corrected chi connectivity index (χ0v) is 71.9. The lowest BCUT2D eigenvalue weighted by atomic mass is 10.1. The maximum absolute atomic E-state index is 12.9. The summed E-state index contributed by atoms with van der Waals surface area (Å²) in [6, 6.07) is 61.4. The quantitative estimate of drug-likeness (QED) is 0.0409. The summed E-state index contributed by atoms with van der Waals surface area (Å²) >= 11 is 43.9. The first kappa shape index (κ1) is 90.7. The highest BCUT2D eigenvalue weighted by atomic mass is 35.5. The van der Waals surface area contributed by atoms with Gasteiger partial charge in [0.25, 0.3) is 23.6 Å². The van der Waals surface area contributed by atoms with Crippen LogP contribution in [-0.2, 0) is 39.0 Å². The van der Waals surface area contributed by atoms with E-state index >= 15 is 0 Å². The van der Waals surface area contributed by atoms with Gasteiger partial charge in [0, 0.05) is 107 Å². The average molecular weight is 1820 g/mol. The Hall–Kier alpha value is -11.0. The summed E-state index contributed by atoms with van der Waals surface area (Å²) in [6.45, 7) is 11.2. The van der Waals surface area contributed by atoms with Crippen molar-refractivity contribution in [3.63, 3.8) is 0 Å². The van der Waals surface area contributed by atoms with Gasteiger partial charge in [0.15, 0.2) is 29.5 Å². The molecule has 22 nitrogen and oxygen atoms in total. The Kier molecular flexibility index (Phi) is 31.9.